The standard InChI is InChI=1S/C19H15Cl2NO2/c1-12(19(23)22-18-11-15(20)7-9-17(18)21)24-16-8-6-13-4-2-3-5-14(13)10-16/h2-12H,1H3,(H,22,23). The van der Waals surface area contributed by atoms with Crippen molar-refractivity contribution in [3.63, 3.8) is 0 Å². The highest BCUT2D eigenvalue weighted by Crippen LogP contribution is 2.26. The lowest BCUT2D eigenvalue weighted by atomic mass is 10.1. The number of fused-ring (bicyclic) bond motifs is 1. The maximum absolute atomic E-state index is 12.3. The van der Waals surface area contributed by atoms with Crippen molar-refractivity contribution < 1.29 is 9.53 Å². The fraction of sp³-hybridized carbons (Fsp3) is 0.105. The van der Waals surface area contributed by atoms with Gasteiger partial charge in [-0.2, -0.15) is 0 Å². The first kappa shape index (κ1) is 16.6. The SMILES string of the molecule is CC(Oc1ccc2ccccc2c1)C(=O)Nc1cc(Cl)ccc1Cl. The van der Waals surface area contributed by atoms with E-state index in [-0.39, 0.29) is 5.91 Å². The Labute approximate surface area is 150 Å². The Hall–Kier alpha value is -2.23. The van der Waals surface area contributed by atoms with E-state index in [1.807, 2.05) is 42.5 Å². The first-order valence-corrected chi connectivity index (χ1v) is 8.20. The van der Waals surface area contributed by atoms with Gasteiger partial charge < -0.3 is 10.1 Å². The Morgan fingerprint density at radius 1 is 1.00 bits per heavy atom. The van der Waals surface area contributed by atoms with Gasteiger partial charge in [-0.25, -0.2) is 0 Å². The van der Waals surface area contributed by atoms with Crippen LogP contribution in [0.25, 0.3) is 10.8 Å². The highest BCUT2D eigenvalue weighted by molar-refractivity contribution is 6.35. The van der Waals surface area contributed by atoms with Gasteiger partial charge in [0.15, 0.2) is 6.10 Å². The number of nitrogens with one attached hydrogen (secondary N) is 1. The van der Waals surface area contributed by atoms with Crippen LogP contribution in [0.2, 0.25) is 10.0 Å². The lowest BCUT2D eigenvalue weighted by molar-refractivity contribution is -0.122. The molecule has 0 saturated carbocycles. The zero-order valence-electron chi connectivity index (χ0n) is 12.9. The van der Waals surface area contributed by atoms with Gasteiger partial charge in [0.1, 0.15) is 5.75 Å². The summed E-state index contributed by atoms with van der Waals surface area (Å²) in [5.41, 5.74) is 0.461. The topological polar surface area (TPSA) is 38.3 Å². The predicted molar refractivity (Wildman–Crippen MR) is 99.1 cm³/mol. The number of benzene rings is 3. The Morgan fingerprint density at radius 3 is 2.54 bits per heavy atom. The molecule has 3 aromatic rings. The van der Waals surface area contributed by atoms with Crippen molar-refractivity contribution >= 4 is 45.6 Å². The molecular formula is C19H15Cl2NO2. The van der Waals surface area contributed by atoms with E-state index < -0.39 is 6.10 Å². The number of carbonyl (C=O) groups is 1. The van der Waals surface area contributed by atoms with Crippen LogP contribution in [-0.4, -0.2) is 12.0 Å². The van der Waals surface area contributed by atoms with Crippen LogP contribution in [0.4, 0.5) is 5.69 Å². The lowest BCUT2D eigenvalue weighted by Crippen LogP contribution is -2.30. The second-order valence-electron chi connectivity index (χ2n) is 5.38. The van der Waals surface area contributed by atoms with Gasteiger partial charge in [0.2, 0.25) is 0 Å². The molecular weight excluding hydrogens is 345 g/mol. The fourth-order valence-electron chi connectivity index (χ4n) is 2.33. The number of halogens is 2. The van der Waals surface area contributed by atoms with Gasteiger partial charge in [-0.1, -0.05) is 53.5 Å². The van der Waals surface area contributed by atoms with Crippen LogP contribution in [0.15, 0.2) is 60.7 Å². The Balaban J connectivity index is 1.72. The third kappa shape index (κ3) is 3.81. The Morgan fingerprint density at radius 2 is 1.75 bits per heavy atom. The van der Waals surface area contributed by atoms with E-state index in [0.29, 0.717) is 21.5 Å². The van der Waals surface area contributed by atoms with E-state index in [0.717, 1.165) is 10.8 Å². The highest BCUT2D eigenvalue weighted by Gasteiger charge is 2.16. The van der Waals surface area contributed by atoms with Crippen molar-refractivity contribution in [2.24, 2.45) is 0 Å². The molecule has 3 aromatic carbocycles. The summed E-state index contributed by atoms with van der Waals surface area (Å²) >= 11 is 12.0. The van der Waals surface area contributed by atoms with Crippen LogP contribution in [0.3, 0.4) is 0 Å². The number of rotatable bonds is 4. The van der Waals surface area contributed by atoms with Crippen molar-refractivity contribution in [2.75, 3.05) is 5.32 Å². The van der Waals surface area contributed by atoms with Crippen molar-refractivity contribution in [1.82, 2.24) is 0 Å². The summed E-state index contributed by atoms with van der Waals surface area (Å²) in [5.74, 6) is 0.334. The van der Waals surface area contributed by atoms with Crippen LogP contribution in [0, 0.1) is 0 Å². The maximum atomic E-state index is 12.3. The van der Waals surface area contributed by atoms with Crippen molar-refractivity contribution in [3.05, 3.63) is 70.7 Å². The number of carbonyl (C=O) groups excluding carboxylic acids is 1. The number of hydrogen-bond donors (Lipinski definition) is 1. The highest BCUT2D eigenvalue weighted by atomic mass is 35.5. The molecule has 0 fully saturated rings. The smallest absolute Gasteiger partial charge is 0.265 e. The average Bonchev–Trinajstić information content (AvgIpc) is 2.58. The molecule has 0 aromatic heterocycles. The Kier molecular flexibility index (Phi) is 4.93. The van der Waals surface area contributed by atoms with Gasteiger partial charge in [0, 0.05) is 5.02 Å². The minimum atomic E-state index is -0.679. The zero-order chi connectivity index (χ0) is 17.1. The molecule has 5 heteroatoms. The van der Waals surface area contributed by atoms with Crippen molar-refractivity contribution in [1.29, 1.82) is 0 Å². The summed E-state index contributed by atoms with van der Waals surface area (Å²) in [4.78, 5) is 12.3. The molecule has 1 N–H and O–H groups in total. The van der Waals surface area contributed by atoms with Crippen LogP contribution in [-0.2, 0) is 4.79 Å². The van der Waals surface area contributed by atoms with Gasteiger partial charge in [-0.3, -0.25) is 4.79 Å². The van der Waals surface area contributed by atoms with Crippen molar-refractivity contribution in [3.8, 4) is 5.75 Å². The summed E-state index contributed by atoms with van der Waals surface area (Å²) in [6.07, 6.45) is -0.679. The molecule has 3 rings (SSSR count). The minimum absolute atomic E-state index is 0.299. The van der Waals surface area contributed by atoms with E-state index >= 15 is 0 Å². The predicted octanol–water partition coefficient (Wildman–Crippen LogP) is 5.55. The Bertz CT molecular complexity index is 895. The van der Waals surface area contributed by atoms with Gasteiger partial charge in [-0.05, 0) is 48.0 Å². The molecule has 24 heavy (non-hydrogen) atoms. The monoisotopic (exact) mass is 359 g/mol. The largest absolute Gasteiger partial charge is 0.481 e. The van der Waals surface area contributed by atoms with Gasteiger partial charge in [0.25, 0.3) is 5.91 Å². The molecule has 122 valence electrons. The van der Waals surface area contributed by atoms with Crippen molar-refractivity contribution in [2.45, 2.75) is 13.0 Å². The van der Waals surface area contributed by atoms with Gasteiger partial charge in [0.05, 0.1) is 10.7 Å². The fourth-order valence-corrected chi connectivity index (χ4v) is 2.66. The van der Waals surface area contributed by atoms with E-state index in [4.69, 9.17) is 27.9 Å². The molecule has 0 aliphatic rings. The first-order chi connectivity index (χ1) is 11.5. The number of ether oxygens (including phenoxy) is 1. The van der Waals surface area contributed by atoms with E-state index in [1.165, 1.54) is 0 Å². The number of hydrogen-bond acceptors (Lipinski definition) is 2. The molecule has 0 aliphatic carbocycles. The summed E-state index contributed by atoms with van der Waals surface area (Å²) < 4.78 is 5.74. The first-order valence-electron chi connectivity index (χ1n) is 7.44. The van der Waals surface area contributed by atoms with E-state index in [2.05, 4.69) is 5.32 Å². The molecule has 0 heterocycles. The van der Waals surface area contributed by atoms with Crippen LogP contribution >= 0.6 is 23.2 Å². The molecule has 0 bridgehead atoms. The molecule has 0 saturated heterocycles. The molecule has 3 nitrogen and oxygen atoms in total. The molecule has 0 spiro atoms. The molecule has 0 radical (unpaired) electrons. The number of anilines is 1. The molecule has 1 atom stereocenters. The van der Waals surface area contributed by atoms with Gasteiger partial charge >= 0.3 is 0 Å². The normalized spacial score (nSPS) is 12.0. The third-order valence-corrected chi connectivity index (χ3v) is 4.15. The van der Waals surface area contributed by atoms with E-state index in [9.17, 15) is 4.79 Å². The van der Waals surface area contributed by atoms with Crippen LogP contribution in [0.1, 0.15) is 6.92 Å². The van der Waals surface area contributed by atoms with Crippen LogP contribution in [0.5, 0.6) is 5.75 Å². The molecule has 1 amide bonds. The third-order valence-electron chi connectivity index (χ3n) is 3.59. The van der Waals surface area contributed by atoms with Gasteiger partial charge in [-0.15, -0.1) is 0 Å². The lowest BCUT2D eigenvalue weighted by Gasteiger charge is -2.16. The second kappa shape index (κ2) is 7.12. The minimum Gasteiger partial charge on any atom is -0.481 e. The second-order valence-corrected chi connectivity index (χ2v) is 6.23. The van der Waals surface area contributed by atoms with Crippen LogP contribution < -0.4 is 10.1 Å². The van der Waals surface area contributed by atoms with E-state index in [1.54, 1.807) is 25.1 Å². The molecule has 0 aliphatic heterocycles. The molecule has 1 unspecified atom stereocenters. The quantitative estimate of drug-likeness (QED) is 0.662. The maximum Gasteiger partial charge on any atom is 0.265 e. The summed E-state index contributed by atoms with van der Waals surface area (Å²) in [7, 11) is 0. The summed E-state index contributed by atoms with van der Waals surface area (Å²) in [5, 5.41) is 5.82. The summed E-state index contributed by atoms with van der Waals surface area (Å²) in [6, 6.07) is 18.6. The average molecular weight is 360 g/mol. The zero-order valence-corrected chi connectivity index (χ0v) is 14.4. The summed E-state index contributed by atoms with van der Waals surface area (Å²) in [6.45, 7) is 1.68. The number of amides is 1.